The summed E-state index contributed by atoms with van der Waals surface area (Å²) in [5.74, 6) is -0.518. The number of hydrogen-bond donors (Lipinski definition) is 1. The van der Waals surface area contributed by atoms with E-state index >= 15 is 0 Å². The van der Waals surface area contributed by atoms with Crippen LogP contribution in [0.5, 0.6) is 0 Å². The Hall–Kier alpha value is -3.45. The number of nitrogens with zero attached hydrogens (tertiary/aromatic N) is 1. The Morgan fingerprint density at radius 2 is 1.52 bits per heavy atom. The van der Waals surface area contributed by atoms with Crippen molar-refractivity contribution in [3.63, 3.8) is 0 Å². The molecular formula is C33H36F3NO3. The minimum absolute atomic E-state index is 0.0265. The van der Waals surface area contributed by atoms with Crippen molar-refractivity contribution >= 4 is 11.8 Å². The van der Waals surface area contributed by atoms with Gasteiger partial charge < -0.3 is 5.11 Å². The van der Waals surface area contributed by atoms with Gasteiger partial charge in [-0.15, -0.1) is 0 Å². The molecule has 1 fully saturated rings. The molecule has 40 heavy (non-hydrogen) atoms. The predicted molar refractivity (Wildman–Crippen MR) is 149 cm³/mol. The molecule has 3 aromatic carbocycles. The lowest BCUT2D eigenvalue weighted by atomic mass is 9.82. The van der Waals surface area contributed by atoms with Gasteiger partial charge >= 0.3 is 12.1 Å². The first-order chi connectivity index (χ1) is 19.0. The third kappa shape index (κ3) is 7.39. The summed E-state index contributed by atoms with van der Waals surface area (Å²) in [5, 5.41) is 9.43. The summed E-state index contributed by atoms with van der Waals surface area (Å²) >= 11 is 0. The van der Waals surface area contributed by atoms with Crippen molar-refractivity contribution in [3.8, 4) is 0 Å². The summed E-state index contributed by atoms with van der Waals surface area (Å²) in [7, 11) is 0. The van der Waals surface area contributed by atoms with Crippen molar-refractivity contribution in [2.24, 2.45) is 11.8 Å². The van der Waals surface area contributed by atoms with Crippen LogP contribution in [0.15, 0.2) is 78.9 Å². The van der Waals surface area contributed by atoms with Crippen LogP contribution in [-0.4, -0.2) is 28.3 Å². The van der Waals surface area contributed by atoms with E-state index in [0.29, 0.717) is 36.4 Å². The number of aliphatic carboxylic acids is 1. The fourth-order valence-corrected chi connectivity index (χ4v) is 5.71. The average molecular weight is 552 g/mol. The SMILES string of the molecule is CC(C)CC[C@H](c1ccc(C(=O)c2ccccc2)cc1)N1CC[C@H](CC(=O)O)C[C@H]1c1ccc(C(F)(F)F)cc1. The van der Waals surface area contributed by atoms with Gasteiger partial charge in [-0.25, -0.2) is 0 Å². The van der Waals surface area contributed by atoms with Gasteiger partial charge in [0.25, 0.3) is 0 Å². The number of piperidine rings is 1. The van der Waals surface area contributed by atoms with Gasteiger partial charge in [-0.05, 0) is 67.3 Å². The van der Waals surface area contributed by atoms with Gasteiger partial charge in [0.1, 0.15) is 0 Å². The largest absolute Gasteiger partial charge is 0.481 e. The summed E-state index contributed by atoms with van der Waals surface area (Å²) in [6, 6.07) is 21.8. The van der Waals surface area contributed by atoms with Crippen molar-refractivity contribution in [2.45, 2.75) is 64.2 Å². The maximum atomic E-state index is 13.3. The molecule has 1 N–H and O–H groups in total. The highest BCUT2D eigenvalue weighted by Gasteiger charge is 2.36. The molecule has 1 aliphatic rings. The first-order valence-corrected chi connectivity index (χ1v) is 13.9. The predicted octanol–water partition coefficient (Wildman–Crippen LogP) is 8.34. The molecule has 3 atom stereocenters. The lowest BCUT2D eigenvalue weighted by Crippen LogP contribution is -2.40. The molecule has 0 saturated carbocycles. The number of hydrogen-bond acceptors (Lipinski definition) is 3. The summed E-state index contributed by atoms with van der Waals surface area (Å²) < 4.78 is 39.8. The molecule has 7 heteroatoms. The van der Waals surface area contributed by atoms with Gasteiger partial charge in [-0.3, -0.25) is 14.5 Å². The third-order valence-electron chi connectivity index (χ3n) is 7.85. The molecule has 4 nitrogen and oxygen atoms in total. The van der Waals surface area contributed by atoms with Crippen LogP contribution in [0, 0.1) is 11.8 Å². The number of ketones is 1. The van der Waals surface area contributed by atoms with Crippen molar-refractivity contribution in [3.05, 3.63) is 107 Å². The van der Waals surface area contributed by atoms with Gasteiger partial charge in [0.05, 0.1) is 5.56 Å². The molecule has 1 aliphatic heterocycles. The lowest BCUT2D eigenvalue weighted by molar-refractivity contribution is -0.139. The van der Waals surface area contributed by atoms with Crippen LogP contribution < -0.4 is 0 Å². The molecule has 0 aromatic heterocycles. The van der Waals surface area contributed by atoms with E-state index in [1.165, 1.54) is 12.1 Å². The van der Waals surface area contributed by atoms with Gasteiger partial charge in [-0.1, -0.05) is 80.6 Å². The molecule has 212 valence electrons. The molecule has 0 aliphatic carbocycles. The topological polar surface area (TPSA) is 57.6 Å². The molecule has 1 saturated heterocycles. The Labute approximate surface area is 233 Å². The highest BCUT2D eigenvalue weighted by Crippen LogP contribution is 2.43. The first-order valence-electron chi connectivity index (χ1n) is 13.9. The van der Waals surface area contributed by atoms with E-state index in [4.69, 9.17) is 0 Å². The molecule has 0 bridgehead atoms. The van der Waals surface area contributed by atoms with Gasteiger partial charge in [0.2, 0.25) is 0 Å². The van der Waals surface area contributed by atoms with E-state index < -0.39 is 17.7 Å². The Kier molecular flexibility index (Phi) is 9.46. The smallest absolute Gasteiger partial charge is 0.416 e. The zero-order chi connectivity index (χ0) is 28.9. The third-order valence-corrected chi connectivity index (χ3v) is 7.85. The monoisotopic (exact) mass is 551 g/mol. The van der Waals surface area contributed by atoms with Crippen LogP contribution in [-0.2, 0) is 11.0 Å². The van der Waals surface area contributed by atoms with Gasteiger partial charge in [0.15, 0.2) is 5.78 Å². The van der Waals surface area contributed by atoms with Crippen LogP contribution in [0.2, 0.25) is 0 Å². The fraction of sp³-hybridized carbons (Fsp3) is 0.394. The number of carbonyl (C=O) groups excluding carboxylic acids is 1. The normalized spacial score (nSPS) is 18.9. The highest BCUT2D eigenvalue weighted by molar-refractivity contribution is 6.08. The number of alkyl halides is 3. The molecule has 0 unspecified atom stereocenters. The number of rotatable bonds is 10. The summed E-state index contributed by atoms with van der Waals surface area (Å²) in [5.41, 5.74) is 2.31. The van der Waals surface area contributed by atoms with E-state index in [1.54, 1.807) is 12.1 Å². The van der Waals surface area contributed by atoms with Gasteiger partial charge in [0, 0.05) is 29.6 Å². The molecule has 1 heterocycles. The maximum Gasteiger partial charge on any atom is 0.416 e. The second-order valence-electron chi connectivity index (χ2n) is 11.2. The van der Waals surface area contributed by atoms with Crippen molar-refractivity contribution in [2.75, 3.05) is 6.54 Å². The summed E-state index contributed by atoms with van der Waals surface area (Å²) in [4.78, 5) is 26.8. The second-order valence-corrected chi connectivity index (χ2v) is 11.2. The average Bonchev–Trinajstić information content (AvgIpc) is 2.93. The van der Waals surface area contributed by atoms with E-state index in [-0.39, 0.29) is 30.2 Å². The van der Waals surface area contributed by atoms with Crippen molar-refractivity contribution in [1.29, 1.82) is 0 Å². The van der Waals surface area contributed by atoms with E-state index in [2.05, 4.69) is 18.7 Å². The summed E-state index contributed by atoms with van der Waals surface area (Å²) in [6.45, 7) is 4.95. The zero-order valence-electron chi connectivity index (χ0n) is 22.9. The van der Waals surface area contributed by atoms with Crippen LogP contribution in [0.25, 0.3) is 0 Å². The Bertz CT molecular complexity index is 1270. The lowest BCUT2D eigenvalue weighted by Gasteiger charge is -2.44. The zero-order valence-corrected chi connectivity index (χ0v) is 22.9. The number of carboxylic acid groups (broad SMARTS) is 1. The molecule has 4 rings (SSSR count). The highest BCUT2D eigenvalue weighted by atomic mass is 19.4. The maximum absolute atomic E-state index is 13.3. The number of likely N-dealkylation sites (tertiary alicyclic amines) is 1. The Balaban J connectivity index is 1.67. The molecular weight excluding hydrogens is 515 g/mol. The van der Waals surface area contributed by atoms with E-state index in [0.717, 1.165) is 36.1 Å². The van der Waals surface area contributed by atoms with Crippen LogP contribution in [0.1, 0.15) is 90.6 Å². The number of carbonyl (C=O) groups is 2. The van der Waals surface area contributed by atoms with E-state index in [1.807, 2.05) is 42.5 Å². The number of benzene rings is 3. The molecule has 0 spiro atoms. The fourth-order valence-electron chi connectivity index (χ4n) is 5.71. The first kappa shape index (κ1) is 29.5. The molecule has 0 radical (unpaired) electrons. The Morgan fingerprint density at radius 3 is 2.10 bits per heavy atom. The van der Waals surface area contributed by atoms with E-state index in [9.17, 15) is 27.9 Å². The minimum atomic E-state index is -4.42. The standard InChI is InChI=1S/C33H36F3NO3/c1-22(2)8-17-29(24-9-11-27(12-10-24)32(40)26-6-4-3-5-7-26)37-19-18-23(21-31(38)39)20-30(37)25-13-15-28(16-14-25)33(34,35)36/h3-7,9-16,22-23,29-30H,8,17-21H2,1-2H3,(H,38,39)/t23-,29+,30-/m0/s1. The van der Waals surface area contributed by atoms with Crippen molar-refractivity contribution in [1.82, 2.24) is 4.90 Å². The van der Waals surface area contributed by atoms with Gasteiger partial charge in [-0.2, -0.15) is 13.2 Å². The number of halogens is 3. The van der Waals surface area contributed by atoms with Crippen LogP contribution >= 0.6 is 0 Å². The van der Waals surface area contributed by atoms with Crippen LogP contribution in [0.3, 0.4) is 0 Å². The molecule has 0 amide bonds. The number of carboxylic acids is 1. The Morgan fingerprint density at radius 1 is 0.900 bits per heavy atom. The summed E-state index contributed by atoms with van der Waals surface area (Å²) in [6.07, 6.45) is -1.34. The van der Waals surface area contributed by atoms with Crippen molar-refractivity contribution < 1.29 is 27.9 Å². The molecule has 3 aromatic rings. The quantitative estimate of drug-likeness (QED) is 0.257. The second kappa shape index (κ2) is 12.8. The minimum Gasteiger partial charge on any atom is -0.481 e. The van der Waals surface area contributed by atoms with Crippen LogP contribution in [0.4, 0.5) is 13.2 Å².